The maximum Gasteiger partial charge on any atom is 0.191 e. The zero-order valence-corrected chi connectivity index (χ0v) is 18.5. The van der Waals surface area contributed by atoms with Crippen LogP contribution in [-0.2, 0) is 12.0 Å². The van der Waals surface area contributed by atoms with Gasteiger partial charge in [0, 0.05) is 18.5 Å². The van der Waals surface area contributed by atoms with E-state index < -0.39 is 0 Å². The molecule has 0 spiro atoms. The molecule has 25 heavy (non-hydrogen) atoms. The summed E-state index contributed by atoms with van der Waals surface area (Å²) < 4.78 is 5.24. The molecule has 1 heterocycles. The Bertz CT molecular complexity index is 639. The van der Waals surface area contributed by atoms with E-state index in [9.17, 15) is 0 Å². The molecule has 0 aliphatic rings. The summed E-state index contributed by atoms with van der Waals surface area (Å²) in [6.45, 7) is 8.87. The van der Waals surface area contributed by atoms with Gasteiger partial charge in [-0.15, -0.1) is 24.0 Å². The van der Waals surface area contributed by atoms with E-state index in [4.69, 9.17) is 4.74 Å². The van der Waals surface area contributed by atoms with Gasteiger partial charge >= 0.3 is 0 Å². The Morgan fingerprint density at radius 2 is 1.88 bits per heavy atom. The Morgan fingerprint density at radius 3 is 2.44 bits per heavy atom. The van der Waals surface area contributed by atoms with Gasteiger partial charge in [0.15, 0.2) is 5.96 Å². The molecule has 1 aromatic carbocycles. The van der Waals surface area contributed by atoms with Crippen LogP contribution in [-0.4, -0.2) is 26.2 Å². The van der Waals surface area contributed by atoms with Crippen LogP contribution in [0.1, 0.15) is 31.9 Å². The van der Waals surface area contributed by atoms with E-state index in [-0.39, 0.29) is 29.4 Å². The summed E-state index contributed by atoms with van der Waals surface area (Å²) >= 11 is 1.70. The second-order valence-electron chi connectivity index (χ2n) is 6.29. The first-order valence-electron chi connectivity index (χ1n) is 8.23. The molecule has 0 unspecified atom stereocenters. The first-order chi connectivity index (χ1) is 11.5. The van der Waals surface area contributed by atoms with Gasteiger partial charge in [-0.05, 0) is 47.0 Å². The predicted molar refractivity (Wildman–Crippen MR) is 119 cm³/mol. The maximum absolute atomic E-state index is 5.24. The molecule has 1 aromatic heterocycles. The van der Waals surface area contributed by atoms with Crippen LogP contribution in [0.2, 0.25) is 0 Å². The standard InChI is InChI=1S/C19H27N3OS.HI/c1-5-20-18(21-12-15-10-11-24-13-15)22-14-19(2,3)16-6-8-17(23-4)9-7-16;/h6-11,13H,5,12,14H2,1-4H3,(H2,20,21,22);1H. The third-order valence-electron chi connectivity index (χ3n) is 3.91. The number of guanidine groups is 1. The molecule has 2 aromatic rings. The summed E-state index contributed by atoms with van der Waals surface area (Å²) in [6, 6.07) is 10.4. The lowest BCUT2D eigenvalue weighted by molar-refractivity contribution is 0.414. The number of rotatable bonds is 7. The highest BCUT2D eigenvalue weighted by Gasteiger charge is 2.21. The van der Waals surface area contributed by atoms with Crippen molar-refractivity contribution < 1.29 is 4.74 Å². The number of thiophene rings is 1. The summed E-state index contributed by atoms with van der Waals surface area (Å²) in [4.78, 5) is 4.66. The lowest BCUT2D eigenvalue weighted by atomic mass is 9.84. The smallest absolute Gasteiger partial charge is 0.191 e. The molecule has 0 saturated carbocycles. The zero-order valence-electron chi connectivity index (χ0n) is 15.3. The van der Waals surface area contributed by atoms with Crippen LogP contribution in [0, 0.1) is 0 Å². The van der Waals surface area contributed by atoms with Gasteiger partial charge in [-0.1, -0.05) is 26.0 Å². The summed E-state index contributed by atoms with van der Waals surface area (Å²) in [5, 5.41) is 11.0. The lowest BCUT2D eigenvalue weighted by Gasteiger charge is -2.27. The van der Waals surface area contributed by atoms with Crippen molar-refractivity contribution in [3.8, 4) is 5.75 Å². The van der Waals surface area contributed by atoms with E-state index >= 15 is 0 Å². The maximum atomic E-state index is 5.24. The number of hydrogen-bond donors (Lipinski definition) is 2. The van der Waals surface area contributed by atoms with E-state index in [1.807, 2.05) is 12.1 Å². The highest BCUT2D eigenvalue weighted by atomic mass is 127. The fourth-order valence-electron chi connectivity index (χ4n) is 2.34. The van der Waals surface area contributed by atoms with Crippen molar-refractivity contribution in [2.45, 2.75) is 32.7 Å². The predicted octanol–water partition coefficient (Wildman–Crippen LogP) is 4.41. The third kappa shape index (κ3) is 6.86. The molecule has 0 amide bonds. The average molecular weight is 473 g/mol. The van der Waals surface area contributed by atoms with Gasteiger partial charge in [-0.25, -0.2) is 4.99 Å². The molecular formula is C19H28IN3OS. The normalized spacial score (nSPS) is 11.6. The third-order valence-corrected chi connectivity index (χ3v) is 4.65. The van der Waals surface area contributed by atoms with Crippen molar-refractivity contribution in [2.24, 2.45) is 4.99 Å². The van der Waals surface area contributed by atoms with Gasteiger partial charge < -0.3 is 15.4 Å². The number of nitrogens with one attached hydrogen (secondary N) is 2. The fraction of sp³-hybridized carbons (Fsp3) is 0.421. The Morgan fingerprint density at radius 1 is 1.16 bits per heavy atom. The molecule has 0 aliphatic carbocycles. The SMILES string of the molecule is CCNC(=NCc1ccsc1)NCC(C)(C)c1ccc(OC)cc1.I. The highest BCUT2D eigenvalue weighted by molar-refractivity contribution is 14.0. The molecule has 0 radical (unpaired) electrons. The summed E-state index contributed by atoms with van der Waals surface area (Å²) in [5.74, 6) is 1.73. The summed E-state index contributed by atoms with van der Waals surface area (Å²) in [6.07, 6.45) is 0. The average Bonchev–Trinajstić information content (AvgIpc) is 3.11. The number of halogens is 1. The molecule has 2 N–H and O–H groups in total. The zero-order chi connectivity index (χ0) is 17.4. The number of methoxy groups -OCH3 is 1. The summed E-state index contributed by atoms with van der Waals surface area (Å²) in [7, 11) is 1.69. The second-order valence-corrected chi connectivity index (χ2v) is 7.07. The Labute approximate surface area is 172 Å². The van der Waals surface area contributed by atoms with Crippen molar-refractivity contribution in [3.05, 3.63) is 52.2 Å². The van der Waals surface area contributed by atoms with Crippen LogP contribution in [0.15, 0.2) is 46.1 Å². The van der Waals surface area contributed by atoms with Crippen LogP contribution in [0.5, 0.6) is 5.75 Å². The molecule has 138 valence electrons. The van der Waals surface area contributed by atoms with Gasteiger partial charge in [0.2, 0.25) is 0 Å². The van der Waals surface area contributed by atoms with Crippen LogP contribution >= 0.6 is 35.3 Å². The van der Waals surface area contributed by atoms with Gasteiger partial charge in [-0.2, -0.15) is 11.3 Å². The molecule has 0 aliphatic heterocycles. The van der Waals surface area contributed by atoms with Gasteiger partial charge in [0.25, 0.3) is 0 Å². The molecule has 6 heteroatoms. The van der Waals surface area contributed by atoms with E-state index in [1.54, 1.807) is 18.4 Å². The quantitative estimate of drug-likeness (QED) is 0.356. The molecule has 0 fully saturated rings. The van der Waals surface area contributed by atoms with Crippen molar-refractivity contribution in [1.82, 2.24) is 10.6 Å². The molecular weight excluding hydrogens is 445 g/mol. The van der Waals surface area contributed by atoms with Gasteiger partial charge in [0.1, 0.15) is 5.75 Å². The van der Waals surface area contributed by atoms with Crippen LogP contribution < -0.4 is 15.4 Å². The minimum Gasteiger partial charge on any atom is -0.497 e. The number of aliphatic imine (C=N–C) groups is 1. The lowest BCUT2D eigenvalue weighted by Crippen LogP contribution is -2.43. The largest absolute Gasteiger partial charge is 0.497 e. The summed E-state index contributed by atoms with van der Waals surface area (Å²) in [5.41, 5.74) is 2.50. The number of nitrogens with zero attached hydrogens (tertiary/aromatic N) is 1. The Hall–Kier alpha value is -1.28. The minimum absolute atomic E-state index is 0. The molecule has 2 rings (SSSR count). The Kier molecular flexibility index (Phi) is 9.27. The molecule has 0 atom stereocenters. The Balaban J connectivity index is 0.00000312. The second kappa shape index (κ2) is 10.7. The van der Waals surface area contributed by atoms with E-state index in [1.165, 1.54) is 11.1 Å². The first-order valence-corrected chi connectivity index (χ1v) is 9.17. The van der Waals surface area contributed by atoms with Crippen molar-refractivity contribution >= 4 is 41.3 Å². The van der Waals surface area contributed by atoms with Gasteiger partial charge in [-0.3, -0.25) is 0 Å². The topological polar surface area (TPSA) is 45.7 Å². The molecule has 4 nitrogen and oxygen atoms in total. The van der Waals surface area contributed by atoms with Crippen LogP contribution in [0.25, 0.3) is 0 Å². The van der Waals surface area contributed by atoms with E-state index in [0.29, 0.717) is 6.54 Å². The molecule has 0 saturated heterocycles. The monoisotopic (exact) mass is 473 g/mol. The van der Waals surface area contributed by atoms with Crippen LogP contribution in [0.3, 0.4) is 0 Å². The van der Waals surface area contributed by atoms with E-state index in [0.717, 1.165) is 24.8 Å². The number of hydrogen-bond acceptors (Lipinski definition) is 3. The first kappa shape index (κ1) is 21.8. The van der Waals surface area contributed by atoms with Crippen molar-refractivity contribution in [3.63, 3.8) is 0 Å². The van der Waals surface area contributed by atoms with Gasteiger partial charge in [0.05, 0.1) is 13.7 Å². The van der Waals surface area contributed by atoms with Crippen molar-refractivity contribution in [1.29, 1.82) is 0 Å². The fourth-order valence-corrected chi connectivity index (χ4v) is 3.00. The van der Waals surface area contributed by atoms with Crippen LogP contribution in [0.4, 0.5) is 0 Å². The molecule has 0 bridgehead atoms. The van der Waals surface area contributed by atoms with E-state index in [2.05, 4.69) is 65.4 Å². The van der Waals surface area contributed by atoms with Crippen molar-refractivity contribution in [2.75, 3.05) is 20.2 Å². The number of ether oxygens (including phenoxy) is 1. The highest BCUT2D eigenvalue weighted by Crippen LogP contribution is 2.24. The minimum atomic E-state index is -0.00908. The number of benzene rings is 1.